The summed E-state index contributed by atoms with van der Waals surface area (Å²) >= 11 is 0. The highest BCUT2D eigenvalue weighted by Gasteiger charge is 2.32. The van der Waals surface area contributed by atoms with Crippen molar-refractivity contribution >= 4 is 5.97 Å². The lowest BCUT2D eigenvalue weighted by molar-refractivity contribution is -0.148. The molecule has 6 nitrogen and oxygen atoms in total. The van der Waals surface area contributed by atoms with Crippen LogP contribution in [0, 0.1) is 5.92 Å². The van der Waals surface area contributed by atoms with E-state index >= 15 is 0 Å². The molecule has 0 aliphatic carbocycles. The summed E-state index contributed by atoms with van der Waals surface area (Å²) in [7, 11) is 1.73. The molecule has 18 heavy (non-hydrogen) atoms. The minimum absolute atomic E-state index is 0.348. The molecular formula is C12H21N3O3. The number of likely N-dealkylation sites (N-methyl/N-ethyl adjacent to an activating group) is 1. The van der Waals surface area contributed by atoms with E-state index in [-0.39, 0.29) is 0 Å². The van der Waals surface area contributed by atoms with Gasteiger partial charge in [0.15, 0.2) is 5.82 Å². The molecule has 0 aliphatic rings. The zero-order valence-corrected chi connectivity index (χ0v) is 11.6. The molecule has 1 aromatic rings. The minimum atomic E-state index is -0.959. The summed E-state index contributed by atoms with van der Waals surface area (Å²) < 4.78 is 5.11. The summed E-state index contributed by atoms with van der Waals surface area (Å²) in [5.74, 6) is 0.686. The highest BCUT2D eigenvalue weighted by atomic mass is 16.5. The zero-order valence-electron chi connectivity index (χ0n) is 11.6. The molecule has 0 fully saturated rings. The topological polar surface area (TPSA) is 79.5 Å². The number of aromatic nitrogens is 2. The predicted octanol–water partition coefficient (Wildman–Crippen LogP) is 1.56. The van der Waals surface area contributed by atoms with Crippen molar-refractivity contribution in [3.05, 3.63) is 11.7 Å². The third-order valence-electron chi connectivity index (χ3n) is 2.95. The van der Waals surface area contributed by atoms with Crippen LogP contribution in [-0.4, -0.2) is 38.7 Å². The lowest BCUT2D eigenvalue weighted by Crippen LogP contribution is -2.47. The Kier molecular flexibility index (Phi) is 4.45. The van der Waals surface area contributed by atoms with Crippen molar-refractivity contribution in [2.45, 2.75) is 46.2 Å². The molecule has 0 saturated heterocycles. The fourth-order valence-corrected chi connectivity index (χ4v) is 1.36. The zero-order chi connectivity index (χ0) is 13.9. The molecule has 0 spiro atoms. The lowest BCUT2D eigenvalue weighted by atomic mass is 10.0. The maximum Gasteiger partial charge on any atom is 0.323 e. The maximum absolute atomic E-state index is 11.1. The molecule has 1 N–H and O–H groups in total. The molecule has 1 aromatic heterocycles. The van der Waals surface area contributed by atoms with Crippen molar-refractivity contribution in [3.8, 4) is 0 Å². The fraction of sp³-hybridized carbons (Fsp3) is 0.750. The van der Waals surface area contributed by atoms with Gasteiger partial charge >= 0.3 is 5.97 Å². The predicted molar refractivity (Wildman–Crippen MR) is 66.0 cm³/mol. The molecule has 0 saturated carbocycles. The van der Waals surface area contributed by atoms with Crippen molar-refractivity contribution < 1.29 is 14.4 Å². The van der Waals surface area contributed by atoms with Crippen molar-refractivity contribution in [3.63, 3.8) is 0 Å². The van der Waals surface area contributed by atoms with Crippen LogP contribution in [0.2, 0.25) is 0 Å². The first-order valence-corrected chi connectivity index (χ1v) is 5.99. The Balaban J connectivity index is 2.68. The highest BCUT2D eigenvalue weighted by Crippen LogP contribution is 2.15. The van der Waals surface area contributed by atoms with Crippen LogP contribution in [0.25, 0.3) is 0 Å². The van der Waals surface area contributed by atoms with Crippen LogP contribution in [0.4, 0.5) is 0 Å². The summed E-state index contributed by atoms with van der Waals surface area (Å²) in [5.41, 5.74) is -0.959. The summed E-state index contributed by atoms with van der Waals surface area (Å²) in [4.78, 5) is 17.0. The number of hydrogen-bond donors (Lipinski definition) is 1. The van der Waals surface area contributed by atoms with Crippen LogP contribution in [-0.2, 0) is 17.8 Å². The van der Waals surface area contributed by atoms with E-state index < -0.39 is 11.5 Å². The molecule has 1 heterocycles. The normalized spacial score (nSPS) is 12.4. The van der Waals surface area contributed by atoms with E-state index in [2.05, 4.69) is 24.0 Å². The molecule has 1 rings (SSSR count). The molecule has 0 aliphatic heterocycles. The summed E-state index contributed by atoms with van der Waals surface area (Å²) in [6, 6.07) is 0. The molecule has 6 heteroatoms. The van der Waals surface area contributed by atoms with E-state index in [0.29, 0.717) is 24.2 Å². The van der Waals surface area contributed by atoms with Gasteiger partial charge < -0.3 is 9.63 Å². The first kappa shape index (κ1) is 14.6. The van der Waals surface area contributed by atoms with E-state index in [4.69, 9.17) is 9.63 Å². The number of rotatable bonds is 6. The van der Waals surface area contributed by atoms with Crippen molar-refractivity contribution in [2.24, 2.45) is 5.92 Å². The molecule has 102 valence electrons. The van der Waals surface area contributed by atoms with E-state index in [1.807, 2.05) is 0 Å². The van der Waals surface area contributed by atoms with Gasteiger partial charge in [0.05, 0.1) is 6.54 Å². The Bertz CT molecular complexity index is 412. The van der Waals surface area contributed by atoms with Crippen molar-refractivity contribution in [2.75, 3.05) is 7.05 Å². The Hall–Kier alpha value is -1.43. The van der Waals surface area contributed by atoms with Gasteiger partial charge in [-0.3, -0.25) is 9.69 Å². The highest BCUT2D eigenvalue weighted by molar-refractivity contribution is 5.77. The van der Waals surface area contributed by atoms with Crippen LogP contribution in [0.5, 0.6) is 0 Å². The van der Waals surface area contributed by atoms with Crippen LogP contribution in [0.1, 0.15) is 39.4 Å². The van der Waals surface area contributed by atoms with Crippen LogP contribution < -0.4 is 0 Å². The molecule has 0 unspecified atom stereocenters. The SMILES string of the molecule is CC(C)Cc1nc(CN(C)C(C)(C)C(=O)O)no1. The molecule has 0 aromatic carbocycles. The van der Waals surface area contributed by atoms with Gasteiger partial charge in [-0.25, -0.2) is 0 Å². The molecule has 0 bridgehead atoms. The van der Waals surface area contributed by atoms with E-state index in [1.165, 1.54) is 0 Å². The van der Waals surface area contributed by atoms with Gasteiger partial charge in [-0.05, 0) is 26.8 Å². The number of carboxylic acid groups (broad SMARTS) is 1. The molecule has 0 radical (unpaired) electrons. The second-order valence-electron chi connectivity index (χ2n) is 5.42. The summed E-state index contributed by atoms with van der Waals surface area (Å²) in [6.45, 7) is 7.78. The first-order chi connectivity index (χ1) is 8.23. The summed E-state index contributed by atoms with van der Waals surface area (Å²) in [5, 5.41) is 13.0. The number of hydrogen-bond acceptors (Lipinski definition) is 5. The molecular weight excluding hydrogens is 234 g/mol. The van der Waals surface area contributed by atoms with Gasteiger partial charge in [0.2, 0.25) is 5.89 Å². The van der Waals surface area contributed by atoms with Crippen molar-refractivity contribution in [1.82, 2.24) is 15.0 Å². The van der Waals surface area contributed by atoms with Gasteiger partial charge in [0, 0.05) is 6.42 Å². The minimum Gasteiger partial charge on any atom is -0.480 e. The number of carbonyl (C=O) groups is 1. The third-order valence-corrected chi connectivity index (χ3v) is 2.95. The average molecular weight is 255 g/mol. The second kappa shape index (κ2) is 5.48. The van der Waals surface area contributed by atoms with Gasteiger partial charge in [0.25, 0.3) is 0 Å². The monoisotopic (exact) mass is 255 g/mol. The van der Waals surface area contributed by atoms with Gasteiger partial charge in [-0.2, -0.15) is 4.98 Å². The lowest BCUT2D eigenvalue weighted by Gasteiger charge is -2.30. The van der Waals surface area contributed by atoms with Crippen molar-refractivity contribution in [1.29, 1.82) is 0 Å². The van der Waals surface area contributed by atoms with Crippen LogP contribution in [0.15, 0.2) is 4.52 Å². The Labute approximate surface area is 107 Å². The second-order valence-corrected chi connectivity index (χ2v) is 5.42. The molecule has 0 atom stereocenters. The third kappa shape index (κ3) is 3.53. The van der Waals surface area contributed by atoms with Gasteiger partial charge in [-0.1, -0.05) is 19.0 Å². The van der Waals surface area contributed by atoms with Gasteiger partial charge in [-0.15, -0.1) is 0 Å². The average Bonchev–Trinajstić information content (AvgIpc) is 2.64. The fourth-order valence-electron chi connectivity index (χ4n) is 1.36. The smallest absolute Gasteiger partial charge is 0.323 e. The quantitative estimate of drug-likeness (QED) is 0.831. The van der Waals surface area contributed by atoms with Crippen LogP contribution in [0.3, 0.4) is 0 Å². The molecule has 0 amide bonds. The Morgan fingerprint density at radius 1 is 1.50 bits per heavy atom. The number of carboxylic acids is 1. The Morgan fingerprint density at radius 3 is 2.61 bits per heavy atom. The standard InChI is InChI=1S/C12H21N3O3/c1-8(2)6-10-13-9(14-18-10)7-15(5)12(3,4)11(16)17/h8H,6-7H2,1-5H3,(H,16,17). The number of nitrogens with zero attached hydrogens (tertiary/aromatic N) is 3. The van der Waals surface area contributed by atoms with Crippen LogP contribution >= 0.6 is 0 Å². The van der Waals surface area contributed by atoms with Gasteiger partial charge in [0.1, 0.15) is 5.54 Å². The first-order valence-electron chi connectivity index (χ1n) is 5.99. The Morgan fingerprint density at radius 2 is 2.11 bits per heavy atom. The maximum atomic E-state index is 11.1. The van der Waals surface area contributed by atoms with E-state index in [0.717, 1.165) is 6.42 Å². The summed E-state index contributed by atoms with van der Waals surface area (Å²) in [6.07, 6.45) is 0.735. The van der Waals surface area contributed by atoms with E-state index in [1.54, 1.807) is 25.8 Å². The largest absolute Gasteiger partial charge is 0.480 e. The van der Waals surface area contributed by atoms with E-state index in [9.17, 15) is 4.79 Å². The number of aliphatic carboxylic acids is 1.